The third-order valence-electron chi connectivity index (χ3n) is 1.70. The second-order valence-corrected chi connectivity index (χ2v) is 3.88. The van der Waals surface area contributed by atoms with Gasteiger partial charge in [-0.3, -0.25) is 0 Å². The molecule has 0 aromatic carbocycles. The highest BCUT2D eigenvalue weighted by molar-refractivity contribution is 7.92. The molecule has 0 aromatic heterocycles. The van der Waals surface area contributed by atoms with Crippen molar-refractivity contribution in [2.45, 2.75) is 39.5 Å². The fraction of sp³-hybridized carbons (Fsp3) is 1.00. The third kappa shape index (κ3) is 6.95. The van der Waals surface area contributed by atoms with Crippen LogP contribution in [0.15, 0.2) is 0 Å². The number of nitrogens with zero attached hydrogens (tertiary/aromatic N) is 1. The lowest BCUT2D eigenvalue weighted by Crippen LogP contribution is -2.18. The third-order valence-corrected chi connectivity index (χ3v) is 2.43. The van der Waals surface area contributed by atoms with Crippen LogP contribution in [0.25, 0.3) is 0 Å². The Hall–Kier alpha value is 0.270. The van der Waals surface area contributed by atoms with Crippen LogP contribution >= 0.6 is 12.2 Å². The van der Waals surface area contributed by atoms with Crippen molar-refractivity contribution in [1.29, 1.82) is 0 Å². The Morgan fingerprint density at radius 2 is 1.58 bits per heavy atom. The first-order valence-corrected chi connectivity index (χ1v) is 5.50. The summed E-state index contributed by atoms with van der Waals surface area (Å²) in [6, 6.07) is 0. The van der Waals surface area contributed by atoms with Crippen LogP contribution in [0.4, 0.5) is 0 Å². The van der Waals surface area contributed by atoms with Crippen LogP contribution in [0, 0.1) is 0 Å². The van der Waals surface area contributed by atoms with E-state index in [2.05, 4.69) is 18.2 Å². The monoisotopic (exact) mass is 191 g/mol. The quantitative estimate of drug-likeness (QED) is 0.432. The predicted octanol–water partition coefficient (Wildman–Crippen LogP) is 3.10. The summed E-state index contributed by atoms with van der Waals surface area (Å²) in [7, 11) is 1.73. The van der Waals surface area contributed by atoms with Crippen LogP contribution in [0.3, 0.4) is 0 Å². The van der Waals surface area contributed by atoms with Crippen molar-refractivity contribution >= 4 is 12.2 Å². The molecule has 0 fully saturated rings. The summed E-state index contributed by atoms with van der Waals surface area (Å²) in [5.41, 5.74) is 0. The van der Waals surface area contributed by atoms with Crippen molar-refractivity contribution in [1.82, 2.24) is 4.31 Å². The highest BCUT2D eigenvalue weighted by atomic mass is 32.2. The summed E-state index contributed by atoms with van der Waals surface area (Å²) in [4.78, 5) is 0. The van der Waals surface area contributed by atoms with Crippen molar-refractivity contribution in [3.05, 3.63) is 0 Å². The van der Waals surface area contributed by atoms with E-state index in [1.54, 1.807) is 7.11 Å². The van der Waals surface area contributed by atoms with Gasteiger partial charge in [-0.25, -0.2) is 4.31 Å². The van der Waals surface area contributed by atoms with Gasteiger partial charge >= 0.3 is 0 Å². The Balaban J connectivity index is 3.40. The summed E-state index contributed by atoms with van der Waals surface area (Å²) in [5.74, 6) is 0. The minimum atomic E-state index is 1.15. The molecular formula is C9H21NOS. The topological polar surface area (TPSA) is 12.5 Å². The van der Waals surface area contributed by atoms with Gasteiger partial charge in [0.1, 0.15) is 0 Å². The zero-order chi connectivity index (χ0) is 9.23. The Kier molecular flexibility index (Phi) is 9.57. The molecule has 0 bridgehead atoms. The van der Waals surface area contributed by atoms with E-state index in [0.717, 1.165) is 13.1 Å². The van der Waals surface area contributed by atoms with Crippen LogP contribution in [0.1, 0.15) is 39.5 Å². The number of hydrogen-bond acceptors (Lipinski definition) is 3. The normalized spacial score (nSPS) is 11.0. The van der Waals surface area contributed by atoms with Crippen LogP contribution in [-0.4, -0.2) is 24.5 Å². The Morgan fingerprint density at radius 1 is 1.08 bits per heavy atom. The molecule has 0 saturated carbocycles. The van der Waals surface area contributed by atoms with Crippen molar-refractivity contribution in [3.8, 4) is 0 Å². The van der Waals surface area contributed by atoms with Crippen molar-refractivity contribution in [3.63, 3.8) is 0 Å². The molecule has 3 heteroatoms. The SMILES string of the molecule is CCCCN(CCCC)SOC. The van der Waals surface area contributed by atoms with Crippen LogP contribution in [0.5, 0.6) is 0 Å². The van der Waals surface area contributed by atoms with Gasteiger partial charge < -0.3 is 4.18 Å². The average molecular weight is 191 g/mol. The Morgan fingerprint density at radius 3 is 1.92 bits per heavy atom. The minimum Gasteiger partial charge on any atom is -0.304 e. The first kappa shape index (κ1) is 12.3. The van der Waals surface area contributed by atoms with E-state index in [4.69, 9.17) is 4.18 Å². The van der Waals surface area contributed by atoms with E-state index in [0.29, 0.717) is 0 Å². The standard InChI is InChI=1S/C9H21NOS/c1-4-6-8-10(12-11-3)9-7-5-2/h4-9H2,1-3H3. The number of rotatable bonds is 8. The molecule has 12 heavy (non-hydrogen) atoms. The minimum absolute atomic E-state index is 1.15. The molecule has 0 N–H and O–H groups in total. The first-order chi connectivity index (χ1) is 5.85. The van der Waals surface area contributed by atoms with Crippen molar-refractivity contribution in [2.24, 2.45) is 0 Å². The summed E-state index contributed by atoms with van der Waals surface area (Å²) in [6.07, 6.45) is 5.04. The van der Waals surface area contributed by atoms with Crippen molar-refractivity contribution in [2.75, 3.05) is 20.2 Å². The lowest BCUT2D eigenvalue weighted by Gasteiger charge is -2.17. The molecule has 0 aromatic rings. The molecule has 0 aliphatic heterocycles. The Bertz CT molecular complexity index is 82.6. The Labute approximate surface area is 81.0 Å². The maximum atomic E-state index is 5.04. The van der Waals surface area contributed by atoms with Crippen molar-refractivity contribution < 1.29 is 4.18 Å². The number of hydrogen-bond donors (Lipinski definition) is 0. The lowest BCUT2D eigenvalue weighted by molar-refractivity contribution is 0.387. The van der Waals surface area contributed by atoms with Gasteiger partial charge in [-0.1, -0.05) is 26.7 Å². The van der Waals surface area contributed by atoms with Crippen LogP contribution in [0.2, 0.25) is 0 Å². The van der Waals surface area contributed by atoms with Gasteiger partial charge in [0.05, 0.1) is 19.3 Å². The molecule has 2 nitrogen and oxygen atoms in total. The van der Waals surface area contributed by atoms with Gasteiger partial charge in [-0.2, -0.15) is 0 Å². The highest BCUT2D eigenvalue weighted by Gasteiger charge is 2.03. The molecule has 0 aliphatic carbocycles. The zero-order valence-corrected chi connectivity index (χ0v) is 9.32. The van der Waals surface area contributed by atoms with Gasteiger partial charge in [-0.05, 0) is 12.8 Å². The molecule has 0 atom stereocenters. The second kappa shape index (κ2) is 9.36. The van der Waals surface area contributed by atoms with Gasteiger partial charge in [0.25, 0.3) is 0 Å². The average Bonchev–Trinajstić information content (AvgIpc) is 2.10. The van der Waals surface area contributed by atoms with E-state index in [-0.39, 0.29) is 0 Å². The number of unbranched alkanes of at least 4 members (excludes halogenated alkanes) is 2. The predicted molar refractivity (Wildman–Crippen MR) is 56.0 cm³/mol. The van der Waals surface area contributed by atoms with E-state index < -0.39 is 0 Å². The molecule has 0 aliphatic rings. The molecule has 0 rings (SSSR count). The summed E-state index contributed by atoms with van der Waals surface area (Å²) in [6.45, 7) is 6.73. The van der Waals surface area contributed by atoms with E-state index in [9.17, 15) is 0 Å². The fourth-order valence-electron chi connectivity index (χ4n) is 0.961. The molecular weight excluding hydrogens is 170 g/mol. The van der Waals surface area contributed by atoms with Crippen LogP contribution < -0.4 is 0 Å². The van der Waals surface area contributed by atoms with Gasteiger partial charge in [0.15, 0.2) is 0 Å². The maximum Gasteiger partial charge on any atom is 0.0816 e. The lowest BCUT2D eigenvalue weighted by atomic mass is 10.3. The van der Waals surface area contributed by atoms with E-state index in [1.165, 1.54) is 37.9 Å². The fourth-order valence-corrected chi connectivity index (χ4v) is 1.58. The molecule has 0 unspecified atom stereocenters. The van der Waals surface area contributed by atoms with Crippen LogP contribution in [-0.2, 0) is 4.18 Å². The molecule has 0 heterocycles. The summed E-state index contributed by atoms with van der Waals surface area (Å²) in [5, 5.41) is 0. The first-order valence-electron chi connectivity index (χ1n) is 4.80. The van der Waals surface area contributed by atoms with E-state index in [1.807, 2.05) is 0 Å². The van der Waals surface area contributed by atoms with E-state index >= 15 is 0 Å². The smallest absolute Gasteiger partial charge is 0.0816 e. The highest BCUT2D eigenvalue weighted by Crippen LogP contribution is 2.12. The molecule has 0 saturated heterocycles. The zero-order valence-electron chi connectivity index (χ0n) is 8.51. The van der Waals surface area contributed by atoms with Gasteiger partial charge in [-0.15, -0.1) is 0 Å². The maximum absolute atomic E-state index is 5.04. The molecule has 0 radical (unpaired) electrons. The molecule has 0 amide bonds. The van der Waals surface area contributed by atoms with Gasteiger partial charge in [0, 0.05) is 13.1 Å². The molecule has 74 valence electrons. The van der Waals surface area contributed by atoms with Gasteiger partial charge in [0.2, 0.25) is 0 Å². The summed E-state index contributed by atoms with van der Waals surface area (Å²) >= 11 is 1.49. The molecule has 0 spiro atoms. The summed E-state index contributed by atoms with van der Waals surface area (Å²) < 4.78 is 7.34. The second-order valence-electron chi connectivity index (χ2n) is 2.88. The largest absolute Gasteiger partial charge is 0.304 e.